The fourth-order valence-electron chi connectivity index (χ4n) is 1.13. The van der Waals surface area contributed by atoms with Gasteiger partial charge in [0, 0.05) is 0 Å². The third-order valence-corrected chi connectivity index (χ3v) is 1.78. The maximum absolute atomic E-state index is 5.40. The molecule has 2 aromatic rings. The van der Waals surface area contributed by atoms with Gasteiger partial charge < -0.3 is 4.74 Å². The zero-order valence-corrected chi connectivity index (χ0v) is 7.71. The first-order valence-corrected chi connectivity index (χ1v) is 4.41. The van der Waals surface area contributed by atoms with Gasteiger partial charge in [0.1, 0.15) is 0 Å². The Morgan fingerprint density at radius 1 is 1.07 bits per heavy atom. The SMILES string of the molecule is c1ccc(COCn2nccn2)cc1. The Labute approximate surface area is 82.1 Å². The summed E-state index contributed by atoms with van der Waals surface area (Å²) in [7, 11) is 0. The molecular formula is C10H11N3O. The van der Waals surface area contributed by atoms with Gasteiger partial charge in [-0.15, -0.1) is 0 Å². The van der Waals surface area contributed by atoms with Gasteiger partial charge in [0.15, 0.2) is 6.73 Å². The highest BCUT2D eigenvalue weighted by Gasteiger charge is 1.93. The second-order valence-corrected chi connectivity index (χ2v) is 2.86. The Morgan fingerprint density at radius 3 is 2.50 bits per heavy atom. The highest BCUT2D eigenvalue weighted by atomic mass is 16.5. The van der Waals surface area contributed by atoms with Crippen LogP contribution in [0, 0.1) is 0 Å². The summed E-state index contributed by atoms with van der Waals surface area (Å²) in [4.78, 5) is 1.50. The number of nitrogens with zero attached hydrogens (tertiary/aromatic N) is 3. The van der Waals surface area contributed by atoms with Gasteiger partial charge in [-0.05, 0) is 5.56 Å². The van der Waals surface area contributed by atoms with Gasteiger partial charge in [-0.3, -0.25) is 0 Å². The quantitative estimate of drug-likeness (QED) is 0.730. The van der Waals surface area contributed by atoms with Crippen LogP contribution in [-0.2, 0) is 18.1 Å². The van der Waals surface area contributed by atoms with Crippen LogP contribution in [0.1, 0.15) is 5.56 Å². The molecule has 0 radical (unpaired) electrons. The van der Waals surface area contributed by atoms with Gasteiger partial charge in [0.2, 0.25) is 0 Å². The summed E-state index contributed by atoms with van der Waals surface area (Å²) in [6.07, 6.45) is 3.26. The number of rotatable bonds is 4. The van der Waals surface area contributed by atoms with Crippen molar-refractivity contribution in [2.45, 2.75) is 13.3 Å². The number of ether oxygens (including phenoxy) is 1. The van der Waals surface area contributed by atoms with E-state index >= 15 is 0 Å². The summed E-state index contributed by atoms with van der Waals surface area (Å²) < 4.78 is 5.40. The molecule has 0 fully saturated rings. The maximum atomic E-state index is 5.40. The van der Waals surface area contributed by atoms with Gasteiger partial charge in [0.25, 0.3) is 0 Å². The smallest absolute Gasteiger partial charge is 0.159 e. The van der Waals surface area contributed by atoms with Crippen LogP contribution in [0.15, 0.2) is 42.7 Å². The number of hydrogen-bond donors (Lipinski definition) is 0. The zero-order chi connectivity index (χ0) is 9.64. The number of hydrogen-bond acceptors (Lipinski definition) is 3. The molecule has 0 saturated heterocycles. The summed E-state index contributed by atoms with van der Waals surface area (Å²) in [5, 5.41) is 7.86. The molecule has 0 saturated carbocycles. The Bertz CT molecular complexity index is 358. The van der Waals surface area contributed by atoms with Crippen molar-refractivity contribution in [2.24, 2.45) is 0 Å². The van der Waals surface area contributed by atoms with Crippen LogP contribution < -0.4 is 0 Å². The molecule has 4 heteroatoms. The van der Waals surface area contributed by atoms with E-state index < -0.39 is 0 Å². The molecule has 1 heterocycles. The standard InChI is InChI=1S/C10H11N3O/c1-2-4-10(5-3-1)8-14-9-13-11-6-7-12-13/h1-7H,8-9H2. The zero-order valence-electron chi connectivity index (χ0n) is 7.71. The molecule has 0 aliphatic heterocycles. The highest BCUT2D eigenvalue weighted by Crippen LogP contribution is 2.00. The number of aromatic nitrogens is 3. The van der Waals surface area contributed by atoms with Gasteiger partial charge in [0.05, 0.1) is 19.0 Å². The topological polar surface area (TPSA) is 39.9 Å². The van der Waals surface area contributed by atoms with Crippen molar-refractivity contribution in [3.63, 3.8) is 0 Å². The van der Waals surface area contributed by atoms with Gasteiger partial charge >= 0.3 is 0 Å². The highest BCUT2D eigenvalue weighted by molar-refractivity contribution is 5.13. The molecule has 1 aromatic carbocycles. The van der Waals surface area contributed by atoms with E-state index in [-0.39, 0.29) is 0 Å². The average molecular weight is 189 g/mol. The molecule has 0 spiro atoms. The normalized spacial score (nSPS) is 10.3. The largest absolute Gasteiger partial charge is 0.353 e. The molecule has 0 N–H and O–H groups in total. The van der Waals surface area contributed by atoms with Crippen LogP contribution in [-0.4, -0.2) is 15.0 Å². The van der Waals surface area contributed by atoms with Crippen LogP contribution in [0.2, 0.25) is 0 Å². The lowest BCUT2D eigenvalue weighted by molar-refractivity contribution is 0.0469. The first-order valence-electron chi connectivity index (χ1n) is 4.41. The van der Waals surface area contributed by atoms with E-state index in [0.29, 0.717) is 13.3 Å². The van der Waals surface area contributed by atoms with E-state index in [1.165, 1.54) is 4.80 Å². The summed E-state index contributed by atoms with van der Waals surface area (Å²) >= 11 is 0. The van der Waals surface area contributed by atoms with E-state index in [9.17, 15) is 0 Å². The lowest BCUT2D eigenvalue weighted by atomic mass is 10.2. The van der Waals surface area contributed by atoms with Crippen molar-refractivity contribution in [3.8, 4) is 0 Å². The van der Waals surface area contributed by atoms with Gasteiger partial charge in [-0.2, -0.15) is 15.0 Å². The van der Waals surface area contributed by atoms with Crippen molar-refractivity contribution >= 4 is 0 Å². The first-order chi connectivity index (χ1) is 6.95. The molecule has 0 aliphatic carbocycles. The van der Waals surface area contributed by atoms with Crippen molar-refractivity contribution in [1.29, 1.82) is 0 Å². The number of benzene rings is 1. The van der Waals surface area contributed by atoms with E-state index in [4.69, 9.17) is 4.74 Å². The van der Waals surface area contributed by atoms with Crippen molar-refractivity contribution < 1.29 is 4.74 Å². The van der Waals surface area contributed by atoms with Crippen LogP contribution in [0.25, 0.3) is 0 Å². The van der Waals surface area contributed by atoms with Crippen molar-refractivity contribution in [2.75, 3.05) is 0 Å². The van der Waals surface area contributed by atoms with Crippen LogP contribution in [0.5, 0.6) is 0 Å². The van der Waals surface area contributed by atoms with Crippen molar-refractivity contribution in [1.82, 2.24) is 15.0 Å². The lowest BCUT2D eigenvalue weighted by Crippen LogP contribution is -2.05. The van der Waals surface area contributed by atoms with Crippen LogP contribution >= 0.6 is 0 Å². The third kappa shape index (κ3) is 2.40. The minimum absolute atomic E-state index is 0.391. The predicted molar refractivity (Wildman–Crippen MR) is 51.3 cm³/mol. The fourth-order valence-corrected chi connectivity index (χ4v) is 1.13. The average Bonchev–Trinajstić information content (AvgIpc) is 2.72. The summed E-state index contributed by atoms with van der Waals surface area (Å²) in [5.41, 5.74) is 1.15. The summed E-state index contributed by atoms with van der Waals surface area (Å²) in [5.74, 6) is 0. The second-order valence-electron chi connectivity index (χ2n) is 2.86. The third-order valence-electron chi connectivity index (χ3n) is 1.78. The van der Waals surface area contributed by atoms with Gasteiger partial charge in [-0.25, -0.2) is 0 Å². The van der Waals surface area contributed by atoms with Crippen molar-refractivity contribution in [3.05, 3.63) is 48.3 Å². The minimum Gasteiger partial charge on any atom is -0.353 e. The molecule has 0 amide bonds. The molecule has 4 nitrogen and oxygen atoms in total. The molecule has 0 bridgehead atoms. The summed E-state index contributed by atoms with van der Waals surface area (Å²) in [6, 6.07) is 10.0. The molecule has 2 rings (SSSR count). The Hall–Kier alpha value is -1.68. The summed E-state index contributed by atoms with van der Waals surface area (Å²) in [6.45, 7) is 0.976. The maximum Gasteiger partial charge on any atom is 0.159 e. The molecule has 0 aliphatic rings. The Morgan fingerprint density at radius 2 is 1.79 bits per heavy atom. The van der Waals surface area contributed by atoms with E-state index in [1.807, 2.05) is 30.3 Å². The lowest BCUT2D eigenvalue weighted by Gasteiger charge is -2.02. The predicted octanol–water partition coefficient (Wildman–Crippen LogP) is 1.45. The van der Waals surface area contributed by atoms with Gasteiger partial charge in [-0.1, -0.05) is 30.3 Å². The molecule has 0 atom stereocenters. The van der Waals surface area contributed by atoms with Crippen LogP contribution in [0.3, 0.4) is 0 Å². The molecule has 0 unspecified atom stereocenters. The van der Waals surface area contributed by atoms with E-state index in [0.717, 1.165) is 5.56 Å². The minimum atomic E-state index is 0.391. The monoisotopic (exact) mass is 189 g/mol. The Kier molecular flexibility index (Phi) is 2.88. The van der Waals surface area contributed by atoms with E-state index in [1.54, 1.807) is 12.4 Å². The molecule has 1 aromatic heterocycles. The molecule has 72 valence electrons. The molecule has 14 heavy (non-hydrogen) atoms. The van der Waals surface area contributed by atoms with E-state index in [2.05, 4.69) is 10.2 Å². The fraction of sp³-hybridized carbons (Fsp3) is 0.200. The Balaban J connectivity index is 1.79. The molecular weight excluding hydrogens is 178 g/mol. The first kappa shape index (κ1) is 8.90. The second kappa shape index (κ2) is 4.53. The van der Waals surface area contributed by atoms with Crippen LogP contribution in [0.4, 0.5) is 0 Å².